The van der Waals surface area contributed by atoms with Crippen molar-refractivity contribution >= 4 is 22.8 Å². The summed E-state index contributed by atoms with van der Waals surface area (Å²) in [6.07, 6.45) is 4.05. The molecular formula is C20H19FN8O3. The van der Waals surface area contributed by atoms with Gasteiger partial charge in [-0.3, -0.25) is 9.59 Å². The smallest absolute Gasteiger partial charge is 0.292 e. The molecule has 1 amide bonds. The Morgan fingerprint density at radius 2 is 1.88 bits per heavy atom. The number of aromatic nitrogens is 6. The lowest BCUT2D eigenvalue weighted by Gasteiger charge is -2.07. The van der Waals surface area contributed by atoms with Crippen molar-refractivity contribution in [1.82, 2.24) is 35.6 Å². The molecular weight excluding hydrogens is 419 g/mol. The van der Waals surface area contributed by atoms with E-state index >= 15 is 0 Å². The predicted octanol–water partition coefficient (Wildman–Crippen LogP) is 1.45. The number of carbonyl (C=O) groups is 1. The van der Waals surface area contributed by atoms with Crippen molar-refractivity contribution in [3.8, 4) is 11.4 Å². The number of H-pyrrole nitrogens is 1. The van der Waals surface area contributed by atoms with Crippen molar-refractivity contribution in [2.24, 2.45) is 0 Å². The first-order valence-electron chi connectivity index (χ1n) is 9.88. The first kappa shape index (κ1) is 21.0. The number of fused-ring (bicyclic) bond motifs is 1. The van der Waals surface area contributed by atoms with Crippen LogP contribution in [0.25, 0.3) is 22.4 Å². The van der Waals surface area contributed by atoms with E-state index in [1.54, 1.807) is 12.1 Å². The Kier molecular flexibility index (Phi) is 6.39. The monoisotopic (exact) mass is 438 g/mol. The fourth-order valence-electron chi connectivity index (χ4n) is 2.92. The first-order chi connectivity index (χ1) is 15.6. The number of nitrogens with zero attached hydrogens (tertiary/aromatic N) is 5. The van der Waals surface area contributed by atoms with Gasteiger partial charge in [-0.25, -0.2) is 19.5 Å². The van der Waals surface area contributed by atoms with Crippen LogP contribution < -0.4 is 16.2 Å². The molecule has 0 fully saturated rings. The van der Waals surface area contributed by atoms with Crippen molar-refractivity contribution in [2.45, 2.75) is 19.3 Å². The van der Waals surface area contributed by atoms with Crippen LogP contribution in [0.3, 0.4) is 0 Å². The zero-order valence-corrected chi connectivity index (χ0v) is 16.8. The lowest BCUT2D eigenvalue weighted by Crippen LogP contribution is -2.26. The van der Waals surface area contributed by atoms with E-state index < -0.39 is 5.56 Å². The second-order valence-electron chi connectivity index (χ2n) is 6.80. The summed E-state index contributed by atoms with van der Waals surface area (Å²) in [5.74, 6) is 0.608. The Labute approximate surface area is 180 Å². The normalized spacial score (nSPS) is 10.9. The van der Waals surface area contributed by atoms with Gasteiger partial charge in [-0.15, -0.1) is 0 Å². The molecule has 0 bridgehead atoms. The van der Waals surface area contributed by atoms with Crippen LogP contribution in [0.2, 0.25) is 0 Å². The summed E-state index contributed by atoms with van der Waals surface area (Å²) in [4.78, 5) is 36.1. The Morgan fingerprint density at radius 3 is 2.69 bits per heavy atom. The fourth-order valence-corrected chi connectivity index (χ4v) is 2.92. The summed E-state index contributed by atoms with van der Waals surface area (Å²) in [5.41, 5.74) is 0.827. The molecule has 0 aliphatic rings. The maximum Gasteiger partial charge on any atom is 0.292 e. The van der Waals surface area contributed by atoms with E-state index in [4.69, 9.17) is 4.52 Å². The van der Waals surface area contributed by atoms with E-state index in [2.05, 4.69) is 40.9 Å². The number of nitrogens with one attached hydrogen (secondary N) is 3. The van der Waals surface area contributed by atoms with Gasteiger partial charge in [0.25, 0.3) is 5.56 Å². The quantitative estimate of drug-likeness (QED) is 0.330. The third kappa shape index (κ3) is 5.09. The fraction of sp³-hybridized carbons (Fsp3) is 0.250. The second kappa shape index (κ2) is 9.73. The molecule has 4 aromatic rings. The highest BCUT2D eigenvalue weighted by molar-refractivity contribution is 5.83. The predicted molar refractivity (Wildman–Crippen MR) is 112 cm³/mol. The van der Waals surface area contributed by atoms with Gasteiger partial charge >= 0.3 is 0 Å². The summed E-state index contributed by atoms with van der Waals surface area (Å²) in [6.45, 7) is 0.957. The summed E-state index contributed by atoms with van der Waals surface area (Å²) in [5, 5.41) is 16.1. The molecule has 164 valence electrons. The number of aromatic amines is 1. The van der Waals surface area contributed by atoms with Crippen molar-refractivity contribution in [3.63, 3.8) is 0 Å². The lowest BCUT2D eigenvalue weighted by molar-refractivity contribution is -0.121. The minimum Gasteiger partial charge on any atom is -0.367 e. The molecule has 0 saturated carbocycles. The number of hydrogen-bond acceptors (Lipinski definition) is 9. The summed E-state index contributed by atoms with van der Waals surface area (Å²) in [6, 6.07) is 5.75. The SMILES string of the molecule is O=C(CCc1nc(-c2ccc(F)cc2)no1)NCCCNc1n[nH]c(=O)c2nccnc12. The van der Waals surface area contributed by atoms with Gasteiger partial charge in [0.05, 0.1) is 0 Å². The molecule has 0 atom stereocenters. The van der Waals surface area contributed by atoms with Gasteiger partial charge in [-0.2, -0.15) is 10.1 Å². The minimum absolute atomic E-state index is 0.148. The molecule has 3 aromatic heterocycles. The van der Waals surface area contributed by atoms with Crippen LogP contribution in [0.5, 0.6) is 0 Å². The molecule has 0 aliphatic heterocycles. The maximum absolute atomic E-state index is 13.0. The second-order valence-corrected chi connectivity index (χ2v) is 6.80. The number of amides is 1. The van der Waals surface area contributed by atoms with E-state index in [-0.39, 0.29) is 23.7 Å². The number of aryl methyl sites for hydroxylation is 1. The molecule has 0 saturated heterocycles. The van der Waals surface area contributed by atoms with E-state index in [1.807, 2.05) is 0 Å². The standard InChI is InChI=1S/C20H19FN8O3/c21-13-4-2-12(3-5-13)18-26-15(32-29-18)7-6-14(30)22-8-1-9-25-19-16-17(20(31)28-27-19)24-11-10-23-16/h2-5,10-11H,1,6-9H2,(H,22,30)(H,25,27)(H,28,31). The zero-order valence-electron chi connectivity index (χ0n) is 16.8. The van der Waals surface area contributed by atoms with E-state index in [0.717, 1.165) is 0 Å². The molecule has 3 N–H and O–H groups in total. The van der Waals surface area contributed by atoms with Gasteiger partial charge in [-0.1, -0.05) is 5.16 Å². The number of carbonyl (C=O) groups excluding carboxylic acids is 1. The van der Waals surface area contributed by atoms with Crippen molar-refractivity contribution in [1.29, 1.82) is 0 Å². The molecule has 1 aromatic carbocycles. The Hall–Kier alpha value is -4.22. The molecule has 3 heterocycles. The van der Waals surface area contributed by atoms with E-state index in [0.29, 0.717) is 54.5 Å². The van der Waals surface area contributed by atoms with E-state index in [9.17, 15) is 14.0 Å². The number of anilines is 1. The maximum atomic E-state index is 13.0. The molecule has 0 unspecified atom stereocenters. The van der Waals surface area contributed by atoms with Gasteiger partial charge in [0, 0.05) is 43.9 Å². The average molecular weight is 438 g/mol. The number of hydrogen-bond donors (Lipinski definition) is 3. The van der Waals surface area contributed by atoms with Crippen LogP contribution in [0, 0.1) is 5.82 Å². The van der Waals surface area contributed by atoms with Crippen LogP contribution in [0.4, 0.5) is 10.2 Å². The van der Waals surface area contributed by atoms with Crippen LogP contribution >= 0.6 is 0 Å². The number of benzene rings is 1. The van der Waals surface area contributed by atoms with Crippen LogP contribution in [0.1, 0.15) is 18.7 Å². The highest BCUT2D eigenvalue weighted by Gasteiger charge is 2.11. The molecule has 12 heteroatoms. The minimum atomic E-state index is -0.406. The third-order valence-electron chi connectivity index (χ3n) is 4.51. The number of rotatable bonds is 9. The molecule has 0 spiro atoms. The Balaban J connectivity index is 1.18. The topological polar surface area (TPSA) is 152 Å². The van der Waals surface area contributed by atoms with Gasteiger partial charge in [-0.05, 0) is 30.7 Å². The van der Waals surface area contributed by atoms with Crippen LogP contribution in [-0.2, 0) is 11.2 Å². The number of halogens is 1. The van der Waals surface area contributed by atoms with Crippen LogP contribution in [-0.4, -0.2) is 49.3 Å². The zero-order chi connectivity index (χ0) is 22.3. The molecule has 4 rings (SSSR count). The highest BCUT2D eigenvalue weighted by atomic mass is 19.1. The Morgan fingerprint density at radius 1 is 1.09 bits per heavy atom. The molecule has 0 aliphatic carbocycles. The van der Waals surface area contributed by atoms with Crippen molar-refractivity contribution < 1.29 is 13.7 Å². The molecule has 0 radical (unpaired) electrons. The Bertz CT molecular complexity index is 1270. The van der Waals surface area contributed by atoms with Crippen LogP contribution in [0.15, 0.2) is 46.0 Å². The molecule has 11 nitrogen and oxygen atoms in total. The summed E-state index contributed by atoms with van der Waals surface area (Å²) < 4.78 is 18.1. The summed E-state index contributed by atoms with van der Waals surface area (Å²) >= 11 is 0. The van der Waals surface area contributed by atoms with Gasteiger partial charge in [0.2, 0.25) is 17.6 Å². The summed E-state index contributed by atoms with van der Waals surface area (Å²) in [7, 11) is 0. The molecule has 32 heavy (non-hydrogen) atoms. The lowest BCUT2D eigenvalue weighted by atomic mass is 10.2. The van der Waals surface area contributed by atoms with Gasteiger partial charge in [0.15, 0.2) is 11.3 Å². The highest BCUT2D eigenvalue weighted by Crippen LogP contribution is 2.16. The van der Waals surface area contributed by atoms with E-state index in [1.165, 1.54) is 24.5 Å². The first-order valence-corrected chi connectivity index (χ1v) is 9.88. The van der Waals surface area contributed by atoms with Crippen molar-refractivity contribution in [2.75, 3.05) is 18.4 Å². The van der Waals surface area contributed by atoms with Gasteiger partial charge < -0.3 is 15.2 Å². The third-order valence-corrected chi connectivity index (χ3v) is 4.51. The average Bonchev–Trinajstić information content (AvgIpc) is 3.28. The largest absolute Gasteiger partial charge is 0.367 e. The van der Waals surface area contributed by atoms with Crippen molar-refractivity contribution in [3.05, 3.63) is 58.7 Å². The van der Waals surface area contributed by atoms with Gasteiger partial charge in [0.1, 0.15) is 11.3 Å².